The lowest BCUT2D eigenvalue weighted by molar-refractivity contribution is 0.382. The van der Waals surface area contributed by atoms with E-state index in [9.17, 15) is 0 Å². The van der Waals surface area contributed by atoms with Crippen LogP contribution in [0.3, 0.4) is 0 Å². The highest BCUT2D eigenvalue weighted by Crippen LogP contribution is 2.41. The Kier molecular flexibility index (Phi) is 1.48. The van der Waals surface area contributed by atoms with Gasteiger partial charge in [0.2, 0.25) is 0 Å². The number of hydrogen-bond donors (Lipinski definition) is 1. The van der Waals surface area contributed by atoms with Crippen LogP contribution in [-0.2, 0) is 0 Å². The van der Waals surface area contributed by atoms with E-state index in [1.807, 2.05) is 0 Å². The molecule has 1 saturated carbocycles. The van der Waals surface area contributed by atoms with Gasteiger partial charge in [-0.2, -0.15) is 0 Å². The average molecular weight is 139 g/mol. The molecule has 1 saturated heterocycles. The Balaban J connectivity index is 2.09. The monoisotopic (exact) mass is 139 g/mol. The number of fused-ring (bicyclic) bond motifs is 1. The first kappa shape index (κ1) is 6.66. The van der Waals surface area contributed by atoms with Gasteiger partial charge in [-0.05, 0) is 37.6 Å². The van der Waals surface area contributed by atoms with Crippen molar-refractivity contribution in [3.63, 3.8) is 0 Å². The fourth-order valence-corrected chi connectivity index (χ4v) is 2.75. The summed E-state index contributed by atoms with van der Waals surface area (Å²) >= 11 is 0. The van der Waals surface area contributed by atoms with Gasteiger partial charge in [-0.15, -0.1) is 0 Å². The molecule has 0 radical (unpaired) electrons. The minimum absolute atomic E-state index is 0.801. The summed E-state index contributed by atoms with van der Waals surface area (Å²) < 4.78 is 0. The molecule has 0 aromatic rings. The van der Waals surface area contributed by atoms with Crippen molar-refractivity contribution in [1.82, 2.24) is 5.32 Å². The summed E-state index contributed by atoms with van der Waals surface area (Å²) in [6.07, 6.45) is 2.95. The van der Waals surface area contributed by atoms with Crippen LogP contribution in [0.25, 0.3) is 0 Å². The molecule has 0 aromatic heterocycles. The molecule has 1 aliphatic heterocycles. The highest BCUT2D eigenvalue weighted by atomic mass is 15.0. The zero-order valence-corrected chi connectivity index (χ0v) is 6.93. The Bertz CT molecular complexity index is 117. The molecule has 2 aliphatic rings. The maximum Gasteiger partial charge on any atom is 0.00703 e. The van der Waals surface area contributed by atoms with Gasteiger partial charge < -0.3 is 5.32 Å². The van der Waals surface area contributed by atoms with Crippen molar-refractivity contribution in [3.05, 3.63) is 0 Å². The standard InChI is InChI=1S/C9H17N/c1-6-3-4-8-7(2)10-5-9(6)8/h6-10H,3-5H2,1-2H3. The molecule has 10 heavy (non-hydrogen) atoms. The molecule has 1 heterocycles. The lowest BCUT2D eigenvalue weighted by Gasteiger charge is -2.13. The normalized spacial score (nSPS) is 53.4. The zero-order valence-electron chi connectivity index (χ0n) is 6.93. The van der Waals surface area contributed by atoms with Crippen LogP contribution in [-0.4, -0.2) is 12.6 Å². The molecule has 4 atom stereocenters. The third-order valence-electron chi connectivity index (χ3n) is 3.55. The van der Waals surface area contributed by atoms with Crippen LogP contribution in [0.5, 0.6) is 0 Å². The smallest absolute Gasteiger partial charge is 0.00703 e. The van der Waals surface area contributed by atoms with Crippen LogP contribution in [0.15, 0.2) is 0 Å². The largest absolute Gasteiger partial charge is 0.314 e. The number of nitrogens with one attached hydrogen (secondary N) is 1. The number of rotatable bonds is 0. The first-order valence-electron chi connectivity index (χ1n) is 4.52. The molecular formula is C9H17N. The van der Waals surface area contributed by atoms with Crippen LogP contribution < -0.4 is 5.32 Å². The summed E-state index contributed by atoms with van der Waals surface area (Å²) in [5, 5.41) is 3.55. The van der Waals surface area contributed by atoms with Crippen LogP contribution in [0.2, 0.25) is 0 Å². The zero-order chi connectivity index (χ0) is 7.14. The average Bonchev–Trinajstić information content (AvgIpc) is 2.41. The van der Waals surface area contributed by atoms with E-state index in [4.69, 9.17) is 0 Å². The summed E-state index contributed by atoms with van der Waals surface area (Å²) in [5.41, 5.74) is 0. The molecule has 0 aromatic carbocycles. The summed E-state index contributed by atoms with van der Waals surface area (Å²) in [6.45, 7) is 6.03. The Morgan fingerprint density at radius 3 is 2.60 bits per heavy atom. The second kappa shape index (κ2) is 2.23. The Hall–Kier alpha value is -0.0400. The maximum absolute atomic E-state index is 3.55. The minimum atomic E-state index is 0.801. The Labute approximate surface area is 63.2 Å². The van der Waals surface area contributed by atoms with Crippen LogP contribution >= 0.6 is 0 Å². The highest BCUT2D eigenvalue weighted by molar-refractivity contribution is 4.94. The lowest BCUT2D eigenvalue weighted by atomic mass is 9.91. The molecule has 0 amide bonds. The van der Waals surface area contributed by atoms with Gasteiger partial charge in [0.25, 0.3) is 0 Å². The van der Waals surface area contributed by atoms with E-state index >= 15 is 0 Å². The third kappa shape index (κ3) is 0.800. The van der Waals surface area contributed by atoms with E-state index < -0.39 is 0 Å². The predicted molar refractivity (Wildman–Crippen MR) is 42.8 cm³/mol. The first-order chi connectivity index (χ1) is 4.79. The lowest BCUT2D eigenvalue weighted by Crippen LogP contribution is -2.22. The van der Waals surface area contributed by atoms with Gasteiger partial charge in [-0.3, -0.25) is 0 Å². The molecule has 2 fully saturated rings. The van der Waals surface area contributed by atoms with Crippen molar-refractivity contribution in [2.45, 2.75) is 32.7 Å². The summed E-state index contributed by atoms with van der Waals surface area (Å²) in [7, 11) is 0. The molecule has 1 nitrogen and oxygen atoms in total. The molecule has 2 rings (SSSR count). The Morgan fingerprint density at radius 1 is 1.10 bits per heavy atom. The van der Waals surface area contributed by atoms with Crippen LogP contribution in [0, 0.1) is 17.8 Å². The van der Waals surface area contributed by atoms with Gasteiger partial charge in [-0.25, -0.2) is 0 Å². The van der Waals surface area contributed by atoms with E-state index in [-0.39, 0.29) is 0 Å². The summed E-state index contributed by atoms with van der Waals surface area (Å²) in [6, 6.07) is 0.801. The van der Waals surface area contributed by atoms with Crippen molar-refractivity contribution >= 4 is 0 Å². The second-order valence-electron chi connectivity index (χ2n) is 4.08. The molecule has 1 aliphatic carbocycles. The third-order valence-corrected chi connectivity index (χ3v) is 3.55. The van der Waals surface area contributed by atoms with Gasteiger partial charge in [0.1, 0.15) is 0 Å². The fourth-order valence-electron chi connectivity index (χ4n) is 2.75. The molecular weight excluding hydrogens is 122 g/mol. The second-order valence-corrected chi connectivity index (χ2v) is 4.08. The maximum atomic E-state index is 3.55. The van der Waals surface area contributed by atoms with Crippen molar-refractivity contribution in [2.75, 3.05) is 6.54 Å². The van der Waals surface area contributed by atoms with Gasteiger partial charge in [0.15, 0.2) is 0 Å². The molecule has 0 spiro atoms. The minimum Gasteiger partial charge on any atom is -0.314 e. The van der Waals surface area contributed by atoms with Crippen molar-refractivity contribution in [3.8, 4) is 0 Å². The van der Waals surface area contributed by atoms with Crippen molar-refractivity contribution in [2.24, 2.45) is 17.8 Å². The van der Waals surface area contributed by atoms with E-state index in [0.29, 0.717) is 0 Å². The van der Waals surface area contributed by atoms with Gasteiger partial charge in [-0.1, -0.05) is 13.3 Å². The topological polar surface area (TPSA) is 12.0 Å². The van der Waals surface area contributed by atoms with E-state index in [2.05, 4.69) is 19.2 Å². The van der Waals surface area contributed by atoms with Crippen molar-refractivity contribution < 1.29 is 0 Å². The van der Waals surface area contributed by atoms with E-state index in [0.717, 1.165) is 23.8 Å². The molecule has 1 N–H and O–H groups in total. The van der Waals surface area contributed by atoms with Crippen LogP contribution in [0.1, 0.15) is 26.7 Å². The molecule has 1 heteroatoms. The van der Waals surface area contributed by atoms with E-state index in [1.165, 1.54) is 19.4 Å². The highest BCUT2D eigenvalue weighted by Gasteiger charge is 2.40. The van der Waals surface area contributed by atoms with Gasteiger partial charge in [0, 0.05) is 6.04 Å². The SMILES string of the molecule is CC1CCC2C(C)NCC12. The predicted octanol–water partition coefficient (Wildman–Crippen LogP) is 1.64. The first-order valence-corrected chi connectivity index (χ1v) is 4.52. The Morgan fingerprint density at radius 2 is 1.90 bits per heavy atom. The van der Waals surface area contributed by atoms with E-state index in [1.54, 1.807) is 0 Å². The molecule has 4 unspecified atom stereocenters. The van der Waals surface area contributed by atoms with Gasteiger partial charge >= 0.3 is 0 Å². The molecule has 0 bridgehead atoms. The van der Waals surface area contributed by atoms with Crippen LogP contribution in [0.4, 0.5) is 0 Å². The van der Waals surface area contributed by atoms with Crippen molar-refractivity contribution in [1.29, 1.82) is 0 Å². The quantitative estimate of drug-likeness (QED) is 0.538. The summed E-state index contributed by atoms with van der Waals surface area (Å²) in [4.78, 5) is 0. The summed E-state index contributed by atoms with van der Waals surface area (Å²) in [5.74, 6) is 3.01. The molecule has 58 valence electrons. The van der Waals surface area contributed by atoms with Gasteiger partial charge in [0.05, 0.1) is 0 Å². The fraction of sp³-hybridized carbons (Fsp3) is 1.00. The number of hydrogen-bond acceptors (Lipinski definition) is 1.